The van der Waals surface area contributed by atoms with Crippen LogP contribution in [0.3, 0.4) is 0 Å². The Morgan fingerprint density at radius 2 is 1.80 bits per heavy atom. The summed E-state index contributed by atoms with van der Waals surface area (Å²) in [6.07, 6.45) is 1.18. The number of para-hydroxylation sites is 1. The molecule has 1 saturated heterocycles. The van der Waals surface area contributed by atoms with Gasteiger partial charge in [0.05, 0.1) is 24.4 Å². The van der Waals surface area contributed by atoms with Crippen molar-refractivity contribution in [3.8, 4) is 5.75 Å². The largest absolute Gasteiger partial charge is 0.494 e. The van der Waals surface area contributed by atoms with Gasteiger partial charge in [-0.1, -0.05) is 39.0 Å². The van der Waals surface area contributed by atoms with Gasteiger partial charge in [-0.25, -0.2) is 4.98 Å². The normalized spacial score (nSPS) is 16.3. The van der Waals surface area contributed by atoms with E-state index in [0.717, 1.165) is 11.1 Å². The number of fused-ring (bicyclic) bond motifs is 1. The van der Waals surface area contributed by atoms with Crippen LogP contribution in [0.25, 0.3) is 10.9 Å². The number of anilines is 4. The number of benzene rings is 2. The first-order chi connectivity index (χ1) is 20.8. The zero-order chi connectivity index (χ0) is 32.2. The summed E-state index contributed by atoms with van der Waals surface area (Å²) in [4.78, 5) is 53.2. The predicted octanol–water partition coefficient (Wildman–Crippen LogP) is 3.52. The second-order valence-corrected chi connectivity index (χ2v) is 12.3. The van der Waals surface area contributed by atoms with E-state index < -0.39 is 23.5 Å². The van der Waals surface area contributed by atoms with Crippen molar-refractivity contribution in [2.45, 2.75) is 58.7 Å². The maximum Gasteiger partial charge on any atom is 0.247 e. The Balaban J connectivity index is 1.62. The van der Waals surface area contributed by atoms with Gasteiger partial charge in [-0.05, 0) is 50.4 Å². The van der Waals surface area contributed by atoms with Crippen molar-refractivity contribution < 1.29 is 19.1 Å². The molecule has 1 fully saturated rings. The third-order valence-electron chi connectivity index (χ3n) is 7.77. The van der Waals surface area contributed by atoms with Gasteiger partial charge in [0.2, 0.25) is 23.7 Å². The summed E-state index contributed by atoms with van der Waals surface area (Å²) >= 11 is 0. The Morgan fingerprint density at radius 1 is 1.09 bits per heavy atom. The number of carbonyl (C=O) groups is 3. The first kappa shape index (κ1) is 32.5. The Morgan fingerprint density at radius 3 is 2.41 bits per heavy atom. The highest BCUT2D eigenvalue weighted by atomic mass is 16.5. The van der Waals surface area contributed by atoms with Gasteiger partial charge in [0, 0.05) is 37.8 Å². The lowest BCUT2D eigenvalue weighted by Crippen LogP contribution is -2.59. The molecule has 236 valence electrons. The molecule has 3 atom stereocenters. The Bertz CT molecular complexity index is 1510. The molecule has 3 aromatic rings. The highest BCUT2D eigenvalue weighted by molar-refractivity contribution is 6.03. The zero-order valence-corrected chi connectivity index (χ0v) is 26.8. The number of rotatable bonds is 10. The van der Waals surface area contributed by atoms with E-state index in [1.54, 1.807) is 31.0 Å². The standard InChI is InChI=1S/C32H44N8O4/c1-19(33-5)28(41)37-26(32(2,3)4)30(43)40-16-12-15-24(40)29(42)35-23-17-21-22(18-25(23)44-8)36-31(38-27(21)39(6)7)34-20-13-10-9-11-14-20/h9-11,13-14,17-19,24,26,33H,12,15-16H2,1-8H3,(H,35,42)(H,37,41)(H,34,36,38). The molecule has 1 aliphatic rings. The van der Waals surface area contributed by atoms with Gasteiger partial charge in [0.1, 0.15) is 23.7 Å². The summed E-state index contributed by atoms with van der Waals surface area (Å²) in [5.41, 5.74) is 1.37. The van der Waals surface area contributed by atoms with Gasteiger partial charge in [-0.2, -0.15) is 4.98 Å². The molecule has 0 radical (unpaired) electrons. The highest BCUT2D eigenvalue weighted by Gasteiger charge is 2.42. The molecule has 0 saturated carbocycles. The van der Waals surface area contributed by atoms with Gasteiger partial charge in [0.15, 0.2) is 0 Å². The summed E-state index contributed by atoms with van der Waals surface area (Å²) in [6, 6.07) is 11.3. The monoisotopic (exact) mass is 604 g/mol. The van der Waals surface area contributed by atoms with E-state index in [0.29, 0.717) is 48.1 Å². The molecule has 12 heteroatoms. The van der Waals surface area contributed by atoms with Crippen LogP contribution in [0.4, 0.5) is 23.1 Å². The lowest BCUT2D eigenvalue weighted by atomic mass is 9.85. The van der Waals surface area contributed by atoms with E-state index >= 15 is 0 Å². The number of amides is 3. The van der Waals surface area contributed by atoms with Crippen LogP contribution in [0, 0.1) is 5.41 Å². The van der Waals surface area contributed by atoms with Crippen molar-refractivity contribution in [3.05, 3.63) is 42.5 Å². The van der Waals surface area contributed by atoms with Gasteiger partial charge in [-0.15, -0.1) is 0 Å². The first-order valence-corrected chi connectivity index (χ1v) is 14.8. The molecule has 4 rings (SSSR count). The number of carbonyl (C=O) groups excluding carboxylic acids is 3. The summed E-state index contributed by atoms with van der Waals surface area (Å²) in [6.45, 7) is 7.85. The van der Waals surface area contributed by atoms with E-state index in [4.69, 9.17) is 14.7 Å². The van der Waals surface area contributed by atoms with E-state index in [2.05, 4.69) is 21.3 Å². The summed E-state index contributed by atoms with van der Waals surface area (Å²) in [5, 5.41) is 12.8. The lowest BCUT2D eigenvalue weighted by Gasteiger charge is -2.36. The van der Waals surface area contributed by atoms with Crippen LogP contribution in [0.5, 0.6) is 5.75 Å². The molecule has 3 unspecified atom stereocenters. The highest BCUT2D eigenvalue weighted by Crippen LogP contribution is 2.35. The molecule has 0 aliphatic carbocycles. The number of methoxy groups -OCH3 is 1. The maximum absolute atomic E-state index is 13.8. The van der Waals surface area contributed by atoms with E-state index in [1.807, 2.05) is 70.1 Å². The quantitative estimate of drug-likeness (QED) is 0.274. The molecular formula is C32H44N8O4. The van der Waals surface area contributed by atoms with Gasteiger partial charge >= 0.3 is 0 Å². The fraction of sp³-hybridized carbons (Fsp3) is 0.469. The van der Waals surface area contributed by atoms with Crippen LogP contribution in [0.15, 0.2) is 42.5 Å². The average molecular weight is 605 g/mol. The number of likely N-dealkylation sites (N-methyl/N-ethyl adjacent to an activating group) is 1. The van der Waals surface area contributed by atoms with Crippen molar-refractivity contribution >= 4 is 51.8 Å². The Kier molecular flexibility index (Phi) is 9.93. The van der Waals surface area contributed by atoms with Gasteiger partial charge in [0.25, 0.3) is 0 Å². The smallest absolute Gasteiger partial charge is 0.247 e. The number of ether oxygens (including phenoxy) is 1. The molecule has 0 spiro atoms. The summed E-state index contributed by atoms with van der Waals surface area (Å²) in [7, 11) is 7.00. The van der Waals surface area contributed by atoms with Crippen molar-refractivity contribution in [1.82, 2.24) is 25.5 Å². The molecular weight excluding hydrogens is 560 g/mol. The average Bonchev–Trinajstić information content (AvgIpc) is 3.48. The minimum absolute atomic E-state index is 0.275. The van der Waals surface area contributed by atoms with Crippen LogP contribution in [0.2, 0.25) is 0 Å². The predicted molar refractivity (Wildman–Crippen MR) is 173 cm³/mol. The molecule has 1 aliphatic heterocycles. The van der Waals surface area contributed by atoms with Crippen LogP contribution >= 0.6 is 0 Å². The number of hydrogen-bond donors (Lipinski definition) is 4. The van der Waals surface area contributed by atoms with Crippen molar-refractivity contribution in [2.75, 3.05) is 50.3 Å². The minimum atomic E-state index is -0.798. The zero-order valence-electron chi connectivity index (χ0n) is 26.8. The molecule has 12 nitrogen and oxygen atoms in total. The summed E-state index contributed by atoms with van der Waals surface area (Å²) in [5.74, 6) is 0.629. The van der Waals surface area contributed by atoms with Crippen LogP contribution in [0.1, 0.15) is 40.5 Å². The van der Waals surface area contributed by atoms with E-state index in [-0.39, 0.29) is 17.7 Å². The van der Waals surface area contributed by atoms with E-state index in [9.17, 15) is 14.4 Å². The third kappa shape index (κ3) is 7.19. The van der Waals surface area contributed by atoms with Crippen LogP contribution in [-0.2, 0) is 14.4 Å². The first-order valence-electron chi connectivity index (χ1n) is 14.8. The van der Waals surface area contributed by atoms with E-state index in [1.165, 1.54) is 7.11 Å². The molecule has 2 aromatic carbocycles. The second kappa shape index (κ2) is 13.5. The molecule has 44 heavy (non-hydrogen) atoms. The number of nitrogens with zero attached hydrogens (tertiary/aromatic N) is 4. The second-order valence-electron chi connectivity index (χ2n) is 12.3. The van der Waals surface area contributed by atoms with Crippen LogP contribution < -0.4 is 30.9 Å². The molecule has 1 aromatic heterocycles. The van der Waals surface area contributed by atoms with Crippen LogP contribution in [-0.4, -0.2) is 85.5 Å². The minimum Gasteiger partial charge on any atom is -0.494 e. The number of aromatic nitrogens is 2. The SMILES string of the molecule is CNC(C)C(=O)NC(C(=O)N1CCCC1C(=O)Nc1cc2c(N(C)C)nc(Nc3ccccc3)nc2cc1OC)C(C)(C)C. The fourth-order valence-corrected chi connectivity index (χ4v) is 5.19. The van der Waals surface area contributed by atoms with Gasteiger partial charge in [-0.3, -0.25) is 14.4 Å². The molecule has 2 heterocycles. The molecule has 0 bridgehead atoms. The number of hydrogen-bond acceptors (Lipinski definition) is 9. The summed E-state index contributed by atoms with van der Waals surface area (Å²) < 4.78 is 5.67. The lowest BCUT2D eigenvalue weighted by molar-refractivity contribution is -0.143. The topological polar surface area (TPSA) is 141 Å². The number of nitrogens with one attached hydrogen (secondary N) is 4. The maximum atomic E-state index is 13.8. The fourth-order valence-electron chi connectivity index (χ4n) is 5.19. The Hall–Kier alpha value is -4.45. The third-order valence-corrected chi connectivity index (χ3v) is 7.77. The number of likely N-dealkylation sites (tertiary alicyclic amines) is 1. The molecule has 3 amide bonds. The van der Waals surface area contributed by atoms with Crippen molar-refractivity contribution in [1.29, 1.82) is 0 Å². The molecule has 4 N–H and O–H groups in total. The van der Waals surface area contributed by atoms with Crippen molar-refractivity contribution in [3.63, 3.8) is 0 Å². The Labute approximate surface area is 258 Å². The van der Waals surface area contributed by atoms with Crippen molar-refractivity contribution in [2.24, 2.45) is 5.41 Å². The van der Waals surface area contributed by atoms with Gasteiger partial charge < -0.3 is 35.8 Å².